The Labute approximate surface area is 108 Å². The maximum absolute atomic E-state index is 13.7. The third-order valence-corrected chi connectivity index (χ3v) is 3.23. The van der Waals surface area contributed by atoms with Crippen molar-refractivity contribution in [3.8, 4) is 0 Å². The van der Waals surface area contributed by atoms with Gasteiger partial charge in [0.2, 0.25) is 0 Å². The van der Waals surface area contributed by atoms with Crippen molar-refractivity contribution in [3.05, 3.63) is 33.8 Å². The van der Waals surface area contributed by atoms with E-state index in [9.17, 15) is 8.78 Å². The van der Waals surface area contributed by atoms with Crippen molar-refractivity contribution >= 4 is 15.9 Å². The zero-order valence-corrected chi connectivity index (χ0v) is 11.4. The highest BCUT2D eigenvalue weighted by Gasteiger charge is 2.22. The first-order chi connectivity index (χ1) is 7.97. The highest BCUT2D eigenvalue weighted by molar-refractivity contribution is 9.10. The Kier molecular flexibility index (Phi) is 5.49. The molecule has 1 aromatic rings. The van der Waals surface area contributed by atoms with Crippen LogP contribution in [0.15, 0.2) is 16.6 Å². The molecule has 0 fully saturated rings. The molecule has 0 saturated heterocycles. The molecular weight excluding hydrogens is 292 g/mol. The smallest absolute Gasteiger partial charge is 0.132 e. The molecule has 17 heavy (non-hydrogen) atoms. The van der Waals surface area contributed by atoms with Gasteiger partial charge in [-0.05, 0) is 24.5 Å². The molecule has 0 heterocycles. The van der Waals surface area contributed by atoms with Crippen molar-refractivity contribution in [1.29, 1.82) is 0 Å². The summed E-state index contributed by atoms with van der Waals surface area (Å²) in [5.74, 6) is -1.29. The second-order valence-electron chi connectivity index (χ2n) is 4.07. The summed E-state index contributed by atoms with van der Waals surface area (Å²) in [5, 5.41) is 0. The van der Waals surface area contributed by atoms with Crippen LogP contribution in [0.1, 0.15) is 24.9 Å². The van der Waals surface area contributed by atoms with Gasteiger partial charge < -0.3 is 10.5 Å². The van der Waals surface area contributed by atoms with Gasteiger partial charge in [-0.1, -0.05) is 22.9 Å². The third-order valence-electron chi connectivity index (χ3n) is 2.77. The number of methoxy groups -OCH3 is 1. The molecule has 2 nitrogen and oxygen atoms in total. The summed E-state index contributed by atoms with van der Waals surface area (Å²) in [4.78, 5) is 0. The summed E-state index contributed by atoms with van der Waals surface area (Å²) in [5.41, 5.74) is 5.82. The maximum atomic E-state index is 13.7. The van der Waals surface area contributed by atoms with Crippen LogP contribution in [0.3, 0.4) is 0 Å². The number of hydrogen-bond donors (Lipinski definition) is 1. The molecule has 2 N–H and O–H groups in total. The molecule has 0 bridgehead atoms. The Balaban J connectivity index is 2.91. The fourth-order valence-corrected chi connectivity index (χ4v) is 2.04. The number of rotatable bonds is 5. The van der Waals surface area contributed by atoms with Crippen molar-refractivity contribution in [2.75, 3.05) is 13.7 Å². The standard InChI is InChI=1S/C12H16BrF2NO/c1-7(3-4-17-2)12(16)11-9(14)5-8(13)6-10(11)15/h5-7,12H,3-4,16H2,1-2H3. The van der Waals surface area contributed by atoms with Gasteiger partial charge in [-0.3, -0.25) is 0 Å². The van der Waals surface area contributed by atoms with Gasteiger partial charge in [0.15, 0.2) is 0 Å². The van der Waals surface area contributed by atoms with Crippen molar-refractivity contribution in [3.63, 3.8) is 0 Å². The van der Waals surface area contributed by atoms with Gasteiger partial charge >= 0.3 is 0 Å². The summed E-state index contributed by atoms with van der Waals surface area (Å²) in [6.07, 6.45) is 0.659. The van der Waals surface area contributed by atoms with Crippen LogP contribution < -0.4 is 5.73 Å². The van der Waals surface area contributed by atoms with E-state index in [4.69, 9.17) is 10.5 Å². The van der Waals surface area contributed by atoms with Crippen LogP contribution in [0, 0.1) is 17.6 Å². The Bertz CT molecular complexity index is 364. The van der Waals surface area contributed by atoms with Crippen molar-refractivity contribution in [2.45, 2.75) is 19.4 Å². The number of benzene rings is 1. The van der Waals surface area contributed by atoms with Crippen LogP contribution in [0.5, 0.6) is 0 Å². The van der Waals surface area contributed by atoms with Crippen molar-refractivity contribution < 1.29 is 13.5 Å². The summed E-state index contributed by atoms with van der Waals surface area (Å²) in [7, 11) is 1.58. The van der Waals surface area contributed by atoms with E-state index in [2.05, 4.69) is 15.9 Å². The second kappa shape index (κ2) is 6.42. The minimum Gasteiger partial charge on any atom is -0.385 e. The molecule has 0 radical (unpaired) electrons. The zero-order chi connectivity index (χ0) is 13.0. The summed E-state index contributed by atoms with van der Waals surface area (Å²) >= 11 is 3.03. The molecule has 2 atom stereocenters. The van der Waals surface area contributed by atoms with Crippen LogP contribution in [0.2, 0.25) is 0 Å². The van der Waals surface area contributed by atoms with Gasteiger partial charge in [0.05, 0.1) is 0 Å². The Morgan fingerprint density at radius 3 is 2.35 bits per heavy atom. The molecule has 0 spiro atoms. The van der Waals surface area contributed by atoms with Gasteiger partial charge in [0.1, 0.15) is 11.6 Å². The molecule has 0 aromatic heterocycles. The summed E-state index contributed by atoms with van der Waals surface area (Å²) in [6, 6.07) is 1.78. The van der Waals surface area contributed by atoms with Crippen molar-refractivity contribution in [1.82, 2.24) is 0 Å². The molecule has 0 saturated carbocycles. The first kappa shape index (κ1) is 14.5. The average molecular weight is 308 g/mol. The van der Waals surface area contributed by atoms with Crippen LogP contribution in [0.4, 0.5) is 8.78 Å². The first-order valence-corrected chi connectivity index (χ1v) is 6.15. The molecule has 0 aliphatic carbocycles. The summed E-state index contributed by atoms with van der Waals surface area (Å²) in [6.45, 7) is 2.37. The minimum atomic E-state index is -0.668. The quantitative estimate of drug-likeness (QED) is 0.905. The molecular formula is C12H16BrF2NO. The van der Waals surface area contributed by atoms with E-state index in [1.807, 2.05) is 6.92 Å². The molecule has 0 aliphatic heterocycles. The van der Waals surface area contributed by atoms with E-state index in [0.717, 1.165) is 0 Å². The molecule has 5 heteroatoms. The molecule has 96 valence electrons. The zero-order valence-electron chi connectivity index (χ0n) is 9.84. The second-order valence-corrected chi connectivity index (χ2v) is 4.98. The average Bonchev–Trinajstić information content (AvgIpc) is 2.24. The van der Waals surface area contributed by atoms with E-state index < -0.39 is 17.7 Å². The van der Waals surface area contributed by atoms with E-state index in [-0.39, 0.29) is 11.5 Å². The van der Waals surface area contributed by atoms with E-state index >= 15 is 0 Å². The number of nitrogens with two attached hydrogens (primary N) is 1. The fourth-order valence-electron chi connectivity index (χ4n) is 1.64. The monoisotopic (exact) mass is 307 g/mol. The Hall–Kier alpha value is -0.520. The van der Waals surface area contributed by atoms with E-state index in [0.29, 0.717) is 17.5 Å². The molecule has 2 unspecified atom stereocenters. The lowest BCUT2D eigenvalue weighted by Crippen LogP contribution is -2.23. The largest absolute Gasteiger partial charge is 0.385 e. The highest BCUT2D eigenvalue weighted by Crippen LogP contribution is 2.29. The lowest BCUT2D eigenvalue weighted by molar-refractivity contribution is 0.174. The minimum absolute atomic E-state index is 0.0554. The van der Waals surface area contributed by atoms with Crippen LogP contribution in [0.25, 0.3) is 0 Å². The van der Waals surface area contributed by atoms with Crippen LogP contribution in [-0.4, -0.2) is 13.7 Å². The molecule has 0 amide bonds. The van der Waals surface area contributed by atoms with Gasteiger partial charge in [-0.25, -0.2) is 8.78 Å². The number of ether oxygens (including phenoxy) is 1. The van der Waals surface area contributed by atoms with Crippen molar-refractivity contribution in [2.24, 2.45) is 11.7 Å². The topological polar surface area (TPSA) is 35.2 Å². The predicted molar refractivity (Wildman–Crippen MR) is 66.6 cm³/mol. The Morgan fingerprint density at radius 1 is 1.35 bits per heavy atom. The summed E-state index contributed by atoms with van der Waals surface area (Å²) < 4.78 is 32.6. The number of hydrogen-bond acceptors (Lipinski definition) is 2. The number of halogens is 3. The SMILES string of the molecule is COCCC(C)C(N)c1c(F)cc(Br)cc1F. The first-order valence-electron chi connectivity index (χ1n) is 5.36. The van der Waals surface area contributed by atoms with Gasteiger partial charge in [0, 0.05) is 29.8 Å². The molecule has 1 rings (SSSR count). The van der Waals surface area contributed by atoms with E-state index in [1.165, 1.54) is 12.1 Å². The lowest BCUT2D eigenvalue weighted by atomic mass is 9.92. The predicted octanol–water partition coefficient (Wildman–Crippen LogP) is 3.40. The van der Waals surface area contributed by atoms with Gasteiger partial charge in [0.25, 0.3) is 0 Å². The van der Waals surface area contributed by atoms with Crippen LogP contribution >= 0.6 is 15.9 Å². The lowest BCUT2D eigenvalue weighted by Gasteiger charge is -2.21. The molecule has 1 aromatic carbocycles. The third kappa shape index (κ3) is 3.72. The van der Waals surface area contributed by atoms with Crippen LogP contribution in [-0.2, 0) is 4.74 Å². The van der Waals surface area contributed by atoms with Gasteiger partial charge in [-0.15, -0.1) is 0 Å². The molecule has 0 aliphatic rings. The highest BCUT2D eigenvalue weighted by atomic mass is 79.9. The normalized spacial score (nSPS) is 14.7. The fraction of sp³-hybridized carbons (Fsp3) is 0.500. The maximum Gasteiger partial charge on any atom is 0.132 e. The van der Waals surface area contributed by atoms with Gasteiger partial charge in [-0.2, -0.15) is 0 Å². The Morgan fingerprint density at radius 2 is 1.88 bits per heavy atom. The van der Waals surface area contributed by atoms with E-state index in [1.54, 1.807) is 7.11 Å².